The van der Waals surface area contributed by atoms with Gasteiger partial charge in [-0.15, -0.1) is 0 Å². The molecule has 1 aromatic heterocycles. The number of benzene rings is 2. The fraction of sp³-hybridized carbons (Fsp3) is 0.379. The van der Waals surface area contributed by atoms with Crippen LogP contribution < -0.4 is 18.9 Å². The van der Waals surface area contributed by atoms with Gasteiger partial charge in [0.1, 0.15) is 12.3 Å². The molecule has 0 aliphatic carbocycles. The third-order valence-corrected chi connectivity index (χ3v) is 6.22. The Morgan fingerprint density at radius 2 is 1.74 bits per heavy atom. The smallest absolute Gasteiger partial charge is 0.254 e. The minimum atomic E-state index is -0.233. The molecule has 2 amide bonds. The Kier molecular flexibility index (Phi) is 8.78. The molecule has 202 valence electrons. The van der Waals surface area contributed by atoms with Crippen molar-refractivity contribution in [1.82, 2.24) is 9.80 Å². The topological polar surface area (TPSA) is 90.7 Å². The van der Waals surface area contributed by atoms with E-state index >= 15 is 0 Å². The molecule has 0 N–H and O–H groups in total. The average molecular weight is 523 g/mol. The summed E-state index contributed by atoms with van der Waals surface area (Å²) in [5.41, 5.74) is 1.45. The zero-order valence-corrected chi connectivity index (χ0v) is 22.3. The first-order valence-electron chi connectivity index (χ1n) is 12.6. The van der Waals surface area contributed by atoms with Crippen molar-refractivity contribution in [3.05, 3.63) is 71.7 Å². The van der Waals surface area contributed by atoms with Crippen LogP contribution in [-0.2, 0) is 17.8 Å². The number of fused-ring (bicyclic) bond motifs is 1. The van der Waals surface area contributed by atoms with Crippen LogP contribution >= 0.6 is 0 Å². The first-order chi connectivity index (χ1) is 18.4. The van der Waals surface area contributed by atoms with Crippen molar-refractivity contribution in [3.8, 4) is 23.0 Å². The summed E-state index contributed by atoms with van der Waals surface area (Å²) in [5.74, 6) is 2.85. The molecule has 9 heteroatoms. The lowest BCUT2D eigenvalue weighted by molar-refractivity contribution is -0.132. The molecule has 2 heterocycles. The van der Waals surface area contributed by atoms with E-state index < -0.39 is 0 Å². The number of carbonyl (C=O) groups excluding carboxylic acids is 2. The quantitative estimate of drug-likeness (QED) is 0.348. The molecule has 0 unspecified atom stereocenters. The Balaban J connectivity index is 1.51. The standard InChI is InChI=1S/C29H34N2O7/c1-20(2)16-31(29(33)22-8-10-25-27(15-22)38-19-37-25)18-28(32)30(17-23-6-5-13-36-23)12-11-21-7-9-24(34-3)26(14-21)35-4/h5-10,13-15,20H,11-12,16-19H2,1-4H3. The van der Waals surface area contributed by atoms with Crippen molar-refractivity contribution in [2.75, 3.05) is 40.6 Å². The zero-order valence-electron chi connectivity index (χ0n) is 22.3. The van der Waals surface area contributed by atoms with Gasteiger partial charge in [-0.1, -0.05) is 19.9 Å². The van der Waals surface area contributed by atoms with Gasteiger partial charge in [-0.2, -0.15) is 0 Å². The molecule has 4 rings (SSSR count). The second kappa shape index (κ2) is 12.4. The van der Waals surface area contributed by atoms with E-state index in [0.717, 1.165) is 5.56 Å². The van der Waals surface area contributed by atoms with E-state index in [9.17, 15) is 9.59 Å². The largest absolute Gasteiger partial charge is 0.493 e. The molecule has 38 heavy (non-hydrogen) atoms. The van der Waals surface area contributed by atoms with Crippen LogP contribution in [0.25, 0.3) is 0 Å². The lowest BCUT2D eigenvalue weighted by Crippen LogP contribution is -2.44. The molecular formula is C29H34N2O7. The van der Waals surface area contributed by atoms with Crippen molar-refractivity contribution in [2.24, 2.45) is 5.92 Å². The molecule has 1 aliphatic heterocycles. The highest BCUT2D eigenvalue weighted by molar-refractivity contribution is 5.97. The fourth-order valence-electron chi connectivity index (χ4n) is 4.32. The molecule has 2 aromatic carbocycles. The van der Waals surface area contributed by atoms with Gasteiger partial charge in [0.15, 0.2) is 23.0 Å². The maximum atomic E-state index is 13.6. The van der Waals surface area contributed by atoms with E-state index in [1.165, 1.54) is 0 Å². The van der Waals surface area contributed by atoms with Crippen molar-refractivity contribution in [2.45, 2.75) is 26.8 Å². The normalized spacial score (nSPS) is 11.9. The third kappa shape index (κ3) is 6.59. The first-order valence-corrected chi connectivity index (χ1v) is 12.6. The van der Waals surface area contributed by atoms with Crippen molar-refractivity contribution in [3.63, 3.8) is 0 Å². The number of carbonyl (C=O) groups is 2. The van der Waals surface area contributed by atoms with Crippen LogP contribution in [0.15, 0.2) is 59.2 Å². The summed E-state index contributed by atoms with van der Waals surface area (Å²) in [6, 6.07) is 14.4. The first kappa shape index (κ1) is 26.9. The van der Waals surface area contributed by atoms with E-state index in [4.69, 9.17) is 23.4 Å². The zero-order chi connectivity index (χ0) is 27.1. The average Bonchev–Trinajstić information content (AvgIpc) is 3.61. The molecule has 0 fully saturated rings. The van der Waals surface area contributed by atoms with Crippen LogP contribution in [-0.4, -0.2) is 62.3 Å². The summed E-state index contributed by atoms with van der Waals surface area (Å²) in [4.78, 5) is 30.4. The Morgan fingerprint density at radius 1 is 0.947 bits per heavy atom. The summed E-state index contributed by atoms with van der Waals surface area (Å²) >= 11 is 0. The van der Waals surface area contributed by atoms with E-state index in [2.05, 4.69) is 0 Å². The number of rotatable bonds is 12. The summed E-state index contributed by atoms with van der Waals surface area (Å²) in [6.45, 7) is 5.27. The maximum Gasteiger partial charge on any atom is 0.254 e. The van der Waals surface area contributed by atoms with Gasteiger partial charge >= 0.3 is 0 Å². The molecule has 0 saturated carbocycles. The number of hydrogen-bond acceptors (Lipinski definition) is 7. The van der Waals surface area contributed by atoms with Gasteiger partial charge in [0.2, 0.25) is 12.7 Å². The van der Waals surface area contributed by atoms with Gasteiger partial charge in [-0.3, -0.25) is 9.59 Å². The van der Waals surface area contributed by atoms with Crippen LogP contribution in [0.1, 0.15) is 35.5 Å². The number of furan rings is 1. The second-order valence-corrected chi connectivity index (χ2v) is 9.48. The predicted molar refractivity (Wildman–Crippen MR) is 141 cm³/mol. The van der Waals surface area contributed by atoms with Gasteiger partial charge in [0.05, 0.1) is 27.0 Å². The Morgan fingerprint density at radius 3 is 2.45 bits per heavy atom. The highest BCUT2D eigenvalue weighted by Gasteiger charge is 2.25. The SMILES string of the molecule is COc1ccc(CCN(Cc2ccco2)C(=O)CN(CC(C)C)C(=O)c2ccc3c(c2)OCO3)cc1OC. The molecule has 0 saturated heterocycles. The Hall–Kier alpha value is -4.14. The molecule has 0 atom stereocenters. The lowest BCUT2D eigenvalue weighted by Gasteiger charge is -2.28. The number of amides is 2. The van der Waals surface area contributed by atoms with Crippen LogP contribution in [0, 0.1) is 5.92 Å². The number of hydrogen-bond donors (Lipinski definition) is 0. The number of methoxy groups -OCH3 is 2. The number of ether oxygens (including phenoxy) is 4. The molecule has 0 bridgehead atoms. The van der Waals surface area contributed by atoms with E-state index in [-0.39, 0.29) is 31.1 Å². The monoisotopic (exact) mass is 522 g/mol. The molecule has 3 aromatic rings. The molecule has 1 aliphatic rings. The lowest BCUT2D eigenvalue weighted by atomic mass is 10.1. The minimum absolute atomic E-state index is 0.0574. The highest BCUT2D eigenvalue weighted by atomic mass is 16.7. The third-order valence-electron chi connectivity index (χ3n) is 6.22. The van der Waals surface area contributed by atoms with Gasteiger partial charge in [-0.05, 0) is 60.4 Å². The van der Waals surface area contributed by atoms with Crippen molar-refractivity contribution >= 4 is 11.8 Å². The molecular weight excluding hydrogens is 488 g/mol. The molecule has 0 spiro atoms. The van der Waals surface area contributed by atoms with Gasteiger partial charge in [0, 0.05) is 18.7 Å². The Bertz CT molecular complexity index is 1240. The Labute approximate surface area is 222 Å². The molecule has 0 radical (unpaired) electrons. The fourth-order valence-corrected chi connectivity index (χ4v) is 4.32. The van der Waals surface area contributed by atoms with Crippen LogP contribution in [0.3, 0.4) is 0 Å². The van der Waals surface area contributed by atoms with Crippen molar-refractivity contribution < 1.29 is 33.0 Å². The highest BCUT2D eigenvalue weighted by Crippen LogP contribution is 2.33. The number of nitrogens with zero attached hydrogens (tertiary/aromatic N) is 2. The van der Waals surface area contributed by atoms with E-state index in [1.807, 2.05) is 38.1 Å². The minimum Gasteiger partial charge on any atom is -0.493 e. The maximum absolute atomic E-state index is 13.6. The van der Waals surface area contributed by atoms with Crippen LogP contribution in [0.2, 0.25) is 0 Å². The summed E-state index contributed by atoms with van der Waals surface area (Å²) in [5, 5.41) is 0. The molecule has 9 nitrogen and oxygen atoms in total. The van der Waals surface area contributed by atoms with Gasteiger partial charge in [0.25, 0.3) is 5.91 Å². The summed E-state index contributed by atoms with van der Waals surface area (Å²) in [6.07, 6.45) is 2.17. The van der Waals surface area contributed by atoms with Crippen LogP contribution in [0.4, 0.5) is 0 Å². The van der Waals surface area contributed by atoms with Gasteiger partial charge < -0.3 is 33.2 Å². The van der Waals surface area contributed by atoms with Gasteiger partial charge in [-0.25, -0.2) is 0 Å². The van der Waals surface area contributed by atoms with Crippen LogP contribution in [0.5, 0.6) is 23.0 Å². The summed E-state index contributed by atoms with van der Waals surface area (Å²) < 4.78 is 27.1. The van der Waals surface area contributed by atoms with E-state index in [1.54, 1.807) is 54.5 Å². The summed E-state index contributed by atoms with van der Waals surface area (Å²) in [7, 11) is 3.18. The van der Waals surface area contributed by atoms with Crippen molar-refractivity contribution in [1.29, 1.82) is 0 Å². The van der Waals surface area contributed by atoms with E-state index in [0.29, 0.717) is 60.4 Å². The second-order valence-electron chi connectivity index (χ2n) is 9.48. The predicted octanol–water partition coefficient (Wildman–Crippen LogP) is 4.40.